The third kappa shape index (κ3) is 6.25. The number of aliphatic carboxylic acids is 1. The highest BCUT2D eigenvalue weighted by molar-refractivity contribution is 5.94. The Morgan fingerprint density at radius 1 is 1.24 bits per heavy atom. The number of benzene rings is 1. The van der Waals surface area contributed by atoms with Gasteiger partial charge in [0.15, 0.2) is 0 Å². The van der Waals surface area contributed by atoms with Crippen molar-refractivity contribution < 1.29 is 14.7 Å². The third-order valence-electron chi connectivity index (χ3n) is 3.14. The molecule has 0 aliphatic rings. The molecule has 1 amide bonds. The topological polar surface area (TPSA) is 66.4 Å². The normalized spacial score (nSPS) is 12.6. The molecule has 0 radical (unpaired) electrons. The Kier molecular flexibility index (Phi) is 6.66. The molecule has 0 aliphatic heterocycles. The van der Waals surface area contributed by atoms with Crippen LogP contribution < -0.4 is 5.32 Å². The van der Waals surface area contributed by atoms with Crippen molar-refractivity contribution in [1.82, 2.24) is 5.32 Å². The van der Waals surface area contributed by atoms with Crippen LogP contribution in [0.3, 0.4) is 0 Å². The Bertz CT molecular complexity index is 503. The highest BCUT2D eigenvalue weighted by atomic mass is 16.4. The molecule has 2 N–H and O–H groups in total. The van der Waals surface area contributed by atoms with E-state index in [0.29, 0.717) is 6.42 Å². The number of aryl methyl sites for hydroxylation is 1. The number of amides is 1. The summed E-state index contributed by atoms with van der Waals surface area (Å²) in [6.45, 7) is 5.93. The van der Waals surface area contributed by atoms with Crippen LogP contribution in [-0.2, 0) is 16.0 Å². The van der Waals surface area contributed by atoms with Crippen LogP contribution in [-0.4, -0.2) is 23.0 Å². The number of rotatable bonds is 7. The van der Waals surface area contributed by atoms with Crippen LogP contribution in [0.25, 0.3) is 6.08 Å². The molecular formula is C17H23NO3. The van der Waals surface area contributed by atoms with E-state index in [-0.39, 0.29) is 11.8 Å². The first-order valence-corrected chi connectivity index (χ1v) is 7.22. The van der Waals surface area contributed by atoms with E-state index < -0.39 is 12.0 Å². The van der Waals surface area contributed by atoms with Crippen molar-refractivity contribution in [2.75, 3.05) is 0 Å². The lowest BCUT2D eigenvalue weighted by Gasteiger charge is -2.15. The lowest BCUT2D eigenvalue weighted by Crippen LogP contribution is -2.40. The van der Waals surface area contributed by atoms with E-state index in [1.54, 1.807) is 6.08 Å². The van der Waals surface area contributed by atoms with E-state index >= 15 is 0 Å². The van der Waals surface area contributed by atoms with Gasteiger partial charge in [-0.25, -0.2) is 4.79 Å². The molecule has 0 bridgehead atoms. The number of carboxylic acids is 1. The lowest BCUT2D eigenvalue weighted by atomic mass is 10.0. The Morgan fingerprint density at radius 3 is 2.33 bits per heavy atom. The fraction of sp³-hybridized carbons (Fsp3) is 0.412. The summed E-state index contributed by atoms with van der Waals surface area (Å²) in [5, 5.41) is 11.6. The molecule has 0 saturated carbocycles. The molecule has 1 aromatic carbocycles. The average Bonchev–Trinajstić information content (AvgIpc) is 2.44. The van der Waals surface area contributed by atoms with E-state index in [0.717, 1.165) is 12.0 Å². The van der Waals surface area contributed by atoms with Gasteiger partial charge in [0.1, 0.15) is 6.04 Å². The van der Waals surface area contributed by atoms with Gasteiger partial charge in [-0.15, -0.1) is 0 Å². The zero-order valence-corrected chi connectivity index (χ0v) is 12.8. The molecule has 21 heavy (non-hydrogen) atoms. The van der Waals surface area contributed by atoms with Crippen molar-refractivity contribution in [2.24, 2.45) is 5.92 Å². The fourth-order valence-electron chi connectivity index (χ4n) is 1.95. The van der Waals surface area contributed by atoms with Crippen molar-refractivity contribution in [2.45, 2.75) is 39.7 Å². The van der Waals surface area contributed by atoms with Crippen LogP contribution in [0.2, 0.25) is 0 Å². The molecule has 0 aliphatic carbocycles. The molecule has 0 spiro atoms. The van der Waals surface area contributed by atoms with Gasteiger partial charge in [-0.1, -0.05) is 45.0 Å². The molecule has 4 nitrogen and oxygen atoms in total. The summed E-state index contributed by atoms with van der Waals surface area (Å²) in [5.41, 5.74) is 2.15. The lowest BCUT2D eigenvalue weighted by molar-refractivity contribution is -0.141. The second kappa shape index (κ2) is 8.25. The maximum absolute atomic E-state index is 11.8. The number of hydrogen-bond donors (Lipinski definition) is 2. The molecule has 0 unspecified atom stereocenters. The molecule has 0 fully saturated rings. The van der Waals surface area contributed by atoms with Gasteiger partial charge >= 0.3 is 5.97 Å². The van der Waals surface area contributed by atoms with E-state index in [2.05, 4.69) is 12.2 Å². The number of carbonyl (C=O) groups is 2. The number of carbonyl (C=O) groups excluding carboxylic acids is 1. The minimum absolute atomic E-state index is 0.206. The minimum Gasteiger partial charge on any atom is -0.480 e. The second-order valence-corrected chi connectivity index (χ2v) is 5.46. The van der Waals surface area contributed by atoms with Gasteiger partial charge < -0.3 is 10.4 Å². The second-order valence-electron chi connectivity index (χ2n) is 5.46. The van der Waals surface area contributed by atoms with E-state index in [1.165, 1.54) is 11.6 Å². The molecule has 0 heterocycles. The van der Waals surface area contributed by atoms with Gasteiger partial charge in [0, 0.05) is 6.08 Å². The quantitative estimate of drug-likeness (QED) is 0.758. The van der Waals surface area contributed by atoms with Gasteiger partial charge in [0.05, 0.1) is 0 Å². The summed E-state index contributed by atoms with van der Waals surface area (Å²) >= 11 is 0. The van der Waals surface area contributed by atoms with Crippen molar-refractivity contribution in [3.8, 4) is 0 Å². The van der Waals surface area contributed by atoms with Crippen LogP contribution in [0.15, 0.2) is 30.3 Å². The summed E-state index contributed by atoms with van der Waals surface area (Å²) in [6, 6.07) is 7.05. The summed E-state index contributed by atoms with van der Waals surface area (Å²) in [7, 11) is 0. The predicted molar refractivity (Wildman–Crippen MR) is 83.9 cm³/mol. The minimum atomic E-state index is -1.00. The smallest absolute Gasteiger partial charge is 0.326 e. The van der Waals surface area contributed by atoms with Gasteiger partial charge in [0.25, 0.3) is 0 Å². The maximum atomic E-state index is 11.8. The average molecular weight is 289 g/mol. The van der Waals surface area contributed by atoms with Crippen molar-refractivity contribution >= 4 is 18.0 Å². The molecule has 1 atom stereocenters. The standard InChI is InChI=1S/C17H23NO3/c1-4-13-5-7-14(8-6-13)9-10-16(19)18-15(17(20)21)11-12(2)3/h5-10,12,15H,4,11H2,1-3H3,(H,18,19)(H,20,21)/b10-9+/t15-/m0/s1. The van der Waals surface area contributed by atoms with Crippen molar-refractivity contribution in [1.29, 1.82) is 0 Å². The first kappa shape index (κ1) is 17.0. The molecular weight excluding hydrogens is 266 g/mol. The molecule has 0 saturated heterocycles. The van der Waals surface area contributed by atoms with Crippen LogP contribution in [0, 0.1) is 5.92 Å². The van der Waals surface area contributed by atoms with Crippen LogP contribution in [0.4, 0.5) is 0 Å². The number of nitrogens with one attached hydrogen (secondary N) is 1. The maximum Gasteiger partial charge on any atom is 0.326 e. The van der Waals surface area contributed by atoms with Gasteiger partial charge in [-0.05, 0) is 36.0 Å². The summed E-state index contributed by atoms with van der Waals surface area (Å²) in [4.78, 5) is 22.9. The molecule has 1 rings (SSSR count). The molecule has 1 aromatic rings. The highest BCUT2D eigenvalue weighted by Crippen LogP contribution is 2.07. The Morgan fingerprint density at radius 2 is 1.86 bits per heavy atom. The first-order valence-electron chi connectivity index (χ1n) is 7.22. The SMILES string of the molecule is CCc1ccc(/C=C/C(=O)N[C@@H](CC(C)C)C(=O)O)cc1. The van der Waals surface area contributed by atoms with Crippen molar-refractivity contribution in [3.05, 3.63) is 41.5 Å². The molecule has 114 valence electrons. The molecule has 4 heteroatoms. The Balaban J connectivity index is 2.61. The number of hydrogen-bond acceptors (Lipinski definition) is 2. The summed E-state index contributed by atoms with van der Waals surface area (Å²) in [5.74, 6) is -1.18. The zero-order valence-electron chi connectivity index (χ0n) is 12.8. The fourth-order valence-corrected chi connectivity index (χ4v) is 1.95. The van der Waals surface area contributed by atoms with Gasteiger partial charge in [-0.3, -0.25) is 4.79 Å². The third-order valence-corrected chi connectivity index (χ3v) is 3.14. The Hall–Kier alpha value is -2.10. The monoisotopic (exact) mass is 289 g/mol. The van der Waals surface area contributed by atoms with Crippen LogP contribution >= 0.6 is 0 Å². The first-order chi connectivity index (χ1) is 9.92. The van der Waals surface area contributed by atoms with Crippen LogP contribution in [0.5, 0.6) is 0 Å². The van der Waals surface area contributed by atoms with Crippen LogP contribution in [0.1, 0.15) is 38.3 Å². The van der Waals surface area contributed by atoms with Gasteiger partial charge in [0.2, 0.25) is 5.91 Å². The zero-order chi connectivity index (χ0) is 15.8. The highest BCUT2D eigenvalue weighted by Gasteiger charge is 2.19. The summed E-state index contributed by atoms with van der Waals surface area (Å²) < 4.78 is 0. The van der Waals surface area contributed by atoms with E-state index in [1.807, 2.05) is 38.1 Å². The predicted octanol–water partition coefficient (Wildman–Crippen LogP) is 2.88. The largest absolute Gasteiger partial charge is 0.480 e. The Labute approximate surface area is 125 Å². The van der Waals surface area contributed by atoms with E-state index in [4.69, 9.17) is 5.11 Å². The number of carboxylic acid groups (broad SMARTS) is 1. The van der Waals surface area contributed by atoms with Gasteiger partial charge in [-0.2, -0.15) is 0 Å². The summed E-state index contributed by atoms with van der Waals surface area (Å²) in [6.07, 6.45) is 4.44. The van der Waals surface area contributed by atoms with E-state index in [9.17, 15) is 9.59 Å². The van der Waals surface area contributed by atoms with Crippen molar-refractivity contribution in [3.63, 3.8) is 0 Å². The molecule has 0 aromatic heterocycles.